The van der Waals surface area contributed by atoms with Crippen LogP contribution in [0.15, 0.2) is 18.2 Å². The number of hydrogen-bond acceptors (Lipinski definition) is 3. The minimum Gasteiger partial charge on any atom is -0.393 e. The van der Waals surface area contributed by atoms with Crippen molar-refractivity contribution in [2.75, 3.05) is 26.8 Å². The van der Waals surface area contributed by atoms with Gasteiger partial charge in [0.15, 0.2) is 0 Å². The van der Waals surface area contributed by atoms with Gasteiger partial charge in [0.2, 0.25) is 0 Å². The predicted molar refractivity (Wildman–Crippen MR) is 80.6 cm³/mol. The average molecular weight is 319 g/mol. The zero-order chi connectivity index (χ0) is 15.1. The molecular formula is C13H16ClFN2O2S. The number of thiocarbonyl (C=S) groups is 1. The van der Waals surface area contributed by atoms with Gasteiger partial charge in [0.05, 0.1) is 17.2 Å². The summed E-state index contributed by atoms with van der Waals surface area (Å²) in [6, 6.07) is 3.86. The molecule has 0 fully saturated rings. The molecule has 7 heteroatoms. The molecule has 0 aliphatic carbocycles. The first-order chi connectivity index (χ1) is 9.45. The van der Waals surface area contributed by atoms with E-state index in [1.165, 1.54) is 24.1 Å². The first kappa shape index (κ1) is 16.8. The number of nitrogens with two attached hydrogens (primary N) is 1. The van der Waals surface area contributed by atoms with Gasteiger partial charge in [0.1, 0.15) is 5.82 Å². The summed E-state index contributed by atoms with van der Waals surface area (Å²) >= 11 is 10.6. The Labute approximate surface area is 127 Å². The van der Waals surface area contributed by atoms with Crippen molar-refractivity contribution in [3.05, 3.63) is 34.6 Å². The molecule has 1 amide bonds. The molecule has 0 aliphatic heterocycles. The molecule has 0 spiro atoms. The third-order valence-corrected chi connectivity index (χ3v) is 3.08. The number of amides is 1. The number of ether oxygens (including phenoxy) is 1. The summed E-state index contributed by atoms with van der Waals surface area (Å²) < 4.78 is 18.7. The molecule has 0 atom stereocenters. The largest absolute Gasteiger partial charge is 0.393 e. The molecule has 0 saturated heterocycles. The Morgan fingerprint density at radius 3 is 2.80 bits per heavy atom. The molecule has 1 aromatic rings. The fourth-order valence-corrected chi connectivity index (χ4v) is 1.86. The van der Waals surface area contributed by atoms with Gasteiger partial charge in [0.25, 0.3) is 5.91 Å². The molecule has 0 bridgehead atoms. The van der Waals surface area contributed by atoms with Crippen LogP contribution in [0.25, 0.3) is 0 Å². The number of carbonyl (C=O) groups excluding carboxylic acids is 1. The summed E-state index contributed by atoms with van der Waals surface area (Å²) in [4.78, 5) is 14.1. The molecule has 0 radical (unpaired) electrons. The summed E-state index contributed by atoms with van der Waals surface area (Å²) in [5.41, 5.74) is 5.36. The highest BCUT2D eigenvalue weighted by molar-refractivity contribution is 7.80. The second-order valence-electron chi connectivity index (χ2n) is 4.13. The Bertz CT molecular complexity index is 499. The van der Waals surface area contributed by atoms with Gasteiger partial charge < -0.3 is 15.4 Å². The van der Waals surface area contributed by atoms with Crippen molar-refractivity contribution in [3.8, 4) is 0 Å². The first-order valence-corrected chi connectivity index (χ1v) is 6.76. The Balaban J connectivity index is 2.90. The van der Waals surface area contributed by atoms with Crippen molar-refractivity contribution < 1.29 is 13.9 Å². The van der Waals surface area contributed by atoms with Gasteiger partial charge in [-0.2, -0.15) is 0 Å². The highest BCUT2D eigenvalue weighted by Gasteiger charge is 2.19. The molecule has 0 unspecified atom stereocenters. The fourth-order valence-electron chi connectivity index (χ4n) is 1.59. The van der Waals surface area contributed by atoms with Gasteiger partial charge in [-0.1, -0.05) is 23.8 Å². The molecule has 4 nitrogen and oxygen atoms in total. The minimum atomic E-state index is -0.614. The van der Waals surface area contributed by atoms with Crippen LogP contribution in [-0.4, -0.2) is 42.6 Å². The lowest BCUT2D eigenvalue weighted by Crippen LogP contribution is -2.36. The average Bonchev–Trinajstić information content (AvgIpc) is 2.40. The van der Waals surface area contributed by atoms with E-state index in [0.29, 0.717) is 36.1 Å². The molecule has 1 rings (SSSR count). The van der Waals surface area contributed by atoms with Crippen LogP contribution in [-0.2, 0) is 4.74 Å². The van der Waals surface area contributed by atoms with Crippen molar-refractivity contribution in [2.45, 2.75) is 6.42 Å². The number of benzene rings is 1. The summed E-state index contributed by atoms with van der Waals surface area (Å²) in [5.74, 6) is -1.07. The lowest BCUT2D eigenvalue weighted by atomic mass is 10.1. The van der Waals surface area contributed by atoms with Gasteiger partial charge in [-0.3, -0.25) is 4.79 Å². The van der Waals surface area contributed by atoms with Crippen LogP contribution in [0.1, 0.15) is 16.8 Å². The van der Waals surface area contributed by atoms with Gasteiger partial charge in [-0.25, -0.2) is 4.39 Å². The minimum absolute atomic E-state index is 0.0726. The van der Waals surface area contributed by atoms with E-state index in [4.69, 9.17) is 34.3 Å². The summed E-state index contributed by atoms with van der Waals surface area (Å²) in [6.07, 6.45) is 0.368. The molecule has 0 aromatic heterocycles. The summed E-state index contributed by atoms with van der Waals surface area (Å²) in [7, 11) is 1.52. The Kier molecular flexibility index (Phi) is 6.84. The van der Waals surface area contributed by atoms with Crippen molar-refractivity contribution in [1.29, 1.82) is 0 Å². The summed E-state index contributed by atoms with van der Waals surface area (Å²) in [5, 5.41) is 0.302. The van der Waals surface area contributed by atoms with E-state index in [9.17, 15) is 9.18 Å². The van der Waals surface area contributed by atoms with E-state index in [2.05, 4.69) is 0 Å². The van der Waals surface area contributed by atoms with Crippen molar-refractivity contribution in [3.63, 3.8) is 0 Å². The van der Waals surface area contributed by atoms with Crippen LogP contribution in [0.3, 0.4) is 0 Å². The number of nitrogens with zero attached hydrogens (tertiary/aromatic N) is 1. The fraction of sp³-hybridized carbons (Fsp3) is 0.385. The van der Waals surface area contributed by atoms with E-state index in [-0.39, 0.29) is 5.56 Å². The van der Waals surface area contributed by atoms with E-state index in [0.717, 1.165) is 6.07 Å². The van der Waals surface area contributed by atoms with Crippen molar-refractivity contribution >= 4 is 34.7 Å². The van der Waals surface area contributed by atoms with Crippen LogP contribution in [0.4, 0.5) is 4.39 Å². The van der Waals surface area contributed by atoms with Crippen LogP contribution >= 0.6 is 23.8 Å². The number of carbonyl (C=O) groups is 1. The standard InChI is InChI=1S/C13H16ClFN2O2S/c1-19-7-6-17(5-4-12(16)20)13(18)10-8-9(14)2-3-11(10)15/h2-3,8H,4-7H2,1H3,(H2,16,20). The summed E-state index contributed by atoms with van der Waals surface area (Å²) in [6.45, 7) is 0.971. The maximum atomic E-state index is 13.7. The number of rotatable bonds is 7. The molecule has 1 aromatic carbocycles. The molecule has 110 valence electrons. The predicted octanol–water partition coefficient (Wildman–Crippen LogP) is 2.24. The molecule has 0 aliphatic rings. The zero-order valence-electron chi connectivity index (χ0n) is 11.1. The zero-order valence-corrected chi connectivity index (χ0v) is 12.6. The van der Waals surface area contributed by atoms with E-state index in [1.807, 2.05) is 0 Å². The smallest absolute Gasteiger partial charge is 0.256 e. The topological polar surface area (TPSA) is 55.6 Å². The molecule has 0 heterocycles. The van der Waals surface area contributed by atoms with Gasteiger partial charge in [0, 0.05) is 31.6 Å². The van der Waals surface area contributed by atoms with Crippen LogP contribution < -0.4 is 5.73 Å². The Hall–Kier alpha value is -1.24. The quantitative estimate of drug-likeness (QED) is 0.783. The monoisotopic (exact) mass is 318 g/mol. The van der Waals surface area contributed by atoms with Gasteiger partial charge in [-0.05, 0) is 18.2 Å². The van der Waals surface area contributed by atoms with Crippen LogP contribution in [0.2, 0.25) is 5.02 Å². The molecule has 2 N–H and O–H groups in total. The van der Waals surface area contributed by atoms with Crippen LogP contribution in [0, 0.1) is 5.82 Å². The Morgan fingerprint density at radius 2 is 2.20 bits per heavy atom. The lowest BCUT2D eigenvalue weighted by molar-refractivity contribution is 0.0696. The second kappa shape index (κ2) is 8.14. The molecular weight excluding hydrogens is 303 g/mol. The van der Waals surface area contributed by atoms with E-state index >= 15 is 0 Å². The number of halogens is 2. The maximum Gasteiger partial charge on any atom is 0.256 e. The molecule has 0 saturated carbocycles. The second-order valence-corrected chi connectivity index (χ2v) is 5.09. The lowest BCUT2D eigenvalue weighted by Gasteiger charge is -2.22. The van der Waals surface area contributed by atoms with E-state index in [1.54, 1.807) is 0 Å². The highest BCUT2D eigenvalue weighted by atomic mass is 35.5. The molecule has 20 heavy (non-hydrogen) atoms. The van der Waals surface area contributed by atoms with Crippen molar-refractivity contribution in [2.24, 2.45) is 5.73 Å². The maximum absolute atomic E-state index is 13.7. The van der Waals surface area contributed by atoms with Crippen LogP contribution in [0.5, 0.6) is 0 Å². The van der Waals surface area contributed by atoms with Gasteiger partial charge in [-0.15, -0.1) is 0 Å². The highest BCUT2D eigenvalue weighted by Crippen LogP contribution is 2.17. The number of hydrogen-bond donors (Lipinski definition) is 1. The van der Waals surface area contributed by atoms with E-state index < -0.39 is 11.7 Å². The normalized spacial score (nSPS) is 10.3. The SMILES string of the molecule is COCCN(CCC(N)=S)C(=O)c1cc(Cl)ccc1F. The number of methoxy groups -OCH3 is 1. The Morgan fingerprint density at radius 1 is 1.50 bits per heavy atom. The third-order valence-electron chi connectivity index (χ3n) is 2.64. The first-order valence-electron chi connectivity index (χ1n) is 5.97. The van der Waals surface area contributed by atoms with Gasteiger partial charge >= 0.3 is 0 Å². The van der Waals surface area contributed by atoms with Crippen molar-refractivity contribution in [1.82, 2.24) is 4.90 Å². The third kappa shape index (κ3) is 5.03.